The third-order valence-electron chi connectivity index (χ3n) is 10.2. The summed E-state index contributed by atoms with van der Waals surface area (Å²) in [6, 6.07) is 26.2. The summed E-state index contributed by atoms with van der Waals surface area (Å²) >= 11 is 7.81. The van der Waals surface area contributed by atoms with Gasteiger partial charge in [0.2, 0.25) is 0 Å². The molecular weight excluding hydrogens is 680 g/mol. The SMILES string of the molecule is Cc1cnc(N2CC3(CCOCC3)C2)c(C(=O)Nc2ccc(C(=O)N3CCc4cc(C(=O)Cc5ccccc5Cl)sc4-c4ccccc43)cc2)c1. The van der Waals surface area contributed by atoms with E-state index in [0.29, 0.717) is 45.5 Å². The van der Waals surface area contributed by atoms with Crippen molar-refractivity contribution in [2.24, 2.45) is 5.41 Å². The van der Waals surface area contributed by atoms with E-state index in [-0.39, 0.29) is 29.4 Å². The van der Waals surface area contributed by atoms with Gasteiger partial charge >= 0.3 is 0 Å². The van der Waals surface area contributed by atoms with Crippen LogP contribution in [0.4, 0.5) is 17.2 Å². The van der Waals surface area contributed by atoms with Crippen molar-refractivity contribution in [3.63, 3.8) is 0 Å². The number of aryl methyl sites for hydroxylation is 1. The number of thiophene rings is 1. The second-order valence-electron chi connectivity index (χ2n) is 13.8. The van der Waals surface area contributed by atoms with Crippen molar-refractivity contribution in [3.8, 4) is 10.4 Å². The van der Waals surface area contributed by atoms with Crippen LogP contribution in [-0.2, 0) is 17.6 Å². The Morgan fingerprint density at radius 1 is 0.961 bits per heavy atom. The molecule has 0 aliphatic carbocycles. The van der Waals surface area contributed by atoms with Crippen LogP contribution in [0.15, 0.2) is 91.1 Å². The number of anilines is 3. The Morgan fingerprint density at radius 3 is 2.49 bits per heavy atom. The van der Waals surface area contributed by atoms with Gasteiger partial charge in [0.1, 0.15) is 5.82 Å². The molecule has 2 saturated heterocycles. The van der Waals surface area contributed by atoms with Crippen LogP contribution >= 0.6 is 22.9 Å². The zero-order valence-corrected chi connectivity index (χ0v) is 29.9. The smallest absolute Gasteiger partial charge is 0.259 e. The zero-order valence-electron chi connectivity index (χ0n) is 28.3. The van der Waals surface area contributed by atoms with Crippen molar-refractivity contribution in [2.75, 3.05) is 48.0 Å². The fourth-order valence-electron chi connectivity index (χ4n) is 7.41. The second-order valence-corrected chi connectivity index (χ2v) is 15.2. The first-order valence-electron chi connectivity index (χ1n) is 17.3. The Bertz CT molecular complexity index is 2150. The number of nitrogens with zero attached hydrogens (tertiary/aromatic N) is 3. The summed E-state index contributed by atoms with van der Waals surface area (Å²) in [5.41, 5.74) is 6.41. The van der Waals surface area contributed by atoms with E-state index < -0.39 is 0 Å². The first kappa shape index (κ1) is 33.3. The van der Waals surface area contributed by atoms with Crippen LogP contribution in [-0.4, -0.2) is 55.4 Å². The van der Waals surface area contributed by atoms with Crippen molar-refractivity contribution >= 4 is 57.7 Å². The molecule has 8 rings (SSSR count). The van der Waals surface area contributed by atoms with Gasteiger partial charge in [-0.2, -0.15) is 0 Å². The molecule has 2 amide bonds. The van der Waals surface area contributed by atoms with Crippen molar-refractivity contribution in [1.82, 2.24) is 4.98 Å². The molecule has 10 heteroatoms. The Balaban J connectivity index is 0.974. The highest BCUT2D eigenvalue weighted by Crippen LogP contribution is 2.44. The van der Waals surface area contributed by atoms with Crippen LogP contribution in [0.5, 0.6) is 0 Å². The number of para-hydroxylation sites is 1. The van der Waals surface area contributed by atoms with Gasteiger partial charge in [-0.3, -0.25) is 14.4 Å². The largest absolute Gasteiger partial charge is 0.381 e. The van der Waals surface area contributed by atoms with Crippen LogP contribution in [0.3, 0.4) is 0 Å². The van der Waals surface area contributed by atoms with Crippen molar-refractivity contribution < 1.29 is 19.1 Å². The van der Waals surface area contributed by atoms with Crippen LogP contribution in [0.25, 0.3) is 10.4 Å². The number of pyridine rings is 1. The number of carbonyl (C=O) groups excluding carboxylic acids is 3. The van der Waals surface area contributed by atoms with Gasteiger partial charge in [0.15, 0.2) is 5.78 Å². The highest BCUT2D eigenvalue weighted by Gasteiger charge is 2.45. The van der Waals surface area contributed by atoms with Crippen molar-refractivity contribution in [3.05, 3.63) is 129 Å². The summed E-state index contributed by atoms with van der Waals surface area (Å²) in [5.74, 6) is 0.367. The van der Waals surface area contributed by atoms with Gasteiger partial charge in [0.25, 0.3) is 11.8 Å². The van der Waals surface area contributed by atoms with Crippen molar-refractivity contribution in [1.29, 1.82) is 0 Å². The molecule has 258 valence electrons. The molecular formula is C41H37ClN4O4S. The number of amides is 2. The lowest BCUT2D eigenvalue weighted by molar-refractivity contribution is -0.000511. The molecule has 0 radical (unpaired) electrons. The minimum absolute atomic E-state index is 0.0255. The molecule has 5 aromatic rings. The lowest BCUT2D eigenvalue weighted by atomic mass is 9.73. The molecule has 2 aromatic heterocycles. The van der Waals surface area contributed by atoms with E-state index in [1.54, 1.807) is 30.3 Å². The number of ether oxygens (including phenoxy) is 1. The lowest BCUT2D eigenvalue weighted by Crippen LogP contribution is -2.59. The highest BCUT2D eigenvalue weighted by atomic mass is 35.5. The standard InChI is InChI=1S/C41H37ClN4O4S/c1-26-20-32(38(43-23-26)45-24-41(25-45)15-18-50-19-16-41)39(48)44-30-12-10-27(11-13-30)40(49)46-17-14-29-22-36(35(47)21-28-6-2-4-8-33(28)42)51-37(29)31-7-3-5-9-34(31)46/h2-13,20,22-23H,14-19,21,24-25H2,1H3,(H,44,48). The van der Waals surface area contributed by atoms with E-state index in [1.165, 1.54) is 11.3 Å². The number of carbonyl (C=O) groups is 3. The van der Waals surface area contributed by atoms with E-state index in [0.717, 1.165) is 72.0 Å². The number of hydrogen-bond acceptors (Lipinski definition) is 7. The molecule has 8 nitrogen and oxygen atoms in total. The molecule has 3 aliphatic heterocycles. The number of rotatable bonds is 7. The second kappa shape index (κ2) is 13.7. The number of ketones is 1. The topological polar surface area (TPSA) is 91.8 Å². The molecule has 1 spiro atoms. The first-order chi connectivity index (χ1) is 24.8. The monoisotopic (exact) mass is 716 g/mol. The Kier molecular flexibility index (Phi) is 8.96. The molecule has 1 N–H and O–H groups in total. The van der Waals surface area contributed by atoms with E-state index in [2.05, 4.69) is 15.2 Å². The minimum Gasteiger partial charge on any atom is -0.381 e. The first-order valence-corrected chi connectivity index (χ1v) is 18.5. The minimum atomic E-state index is -0.231. The predicted octanol–water partition coefficient (Wildman–Crippen LogP) is 8.27. The normalized spacial score (nSPS) is 16.1. The van der Waals surface area contributed by atoms with Gasteiger partial charge < -0.3 is 19.9 Å². The van der Waals surface area contributed by atoms with Gasteiger partial charge in [-0.25, -0.2) is 4.98 Å². The maximum absolute atomic E-state index is 14.0. The van der Waals surface area contributed by atoms with E-state index in [4.69, 9.17) is 16.3 Å². The summed E-state index contributed by atoms with van der Waals surface area (Å²) in [6.07, 6.45) is 4.72. The number of halogens is 1. The molecule has 3 aliphatic rings. The molecule has 51 heavy (non-hydrogen) atoms. The molecule has 0 bridgehead atoms. The van der Waals surface area contributed by atoms with Gasteiger partial charge in [-0.1, -0.05) is 48.0 Å². The summed E-state index contributed by atoms with van der Waals surface area (Å²) in [5, 5.41) is 3.61. The Labute approximate surface area is 306 Å². The highest BCUT2D eigenvalue weighted by molar-refractivity contribution is 7.17. The van der Waals surface area contributed by atoms with Crippen molar-refractivity contribution in [2.45, 2.75) is 32.6 Å². The quantitative estimate of drug-likeness (QED) is 0.171. The molecule has 0 saturated carbocycles. The summed E-state index contributed by atoms with van der Waals surface area (Å²) in [7, 11) is 0. The summed E-state index contributed by atoms with van der Waals surface area (Å²) in [4.78, 5) is 51.3. The lowest BCUT2D eigenvalue weighted by Gasteiger charge is -2.53. The average Bonchev–Trinajstić information content (AvgIpc) is 3.50. The molecule has 2 fully saturated rings. The fraction of sp³-hybridized carbons (Fsp3) is 0.268. The molecule has 3 aromatic carbocycles. The van der Waals surface area contributed by atoms with Gasteiger partial charge in [-0.05, 0) is 91.4 Å². The summed E-state index contributed by atoms with van der Waals surface area (Å²) in [6.45, 7) is 5.72. The Morgan fingerprint density at radius 2 is 1.71 bits per heavy atom. The predicted molar refractivity (Wildman–Crippen MR) is 203 cm³/mol. The number of nitrogens with one attached hydrogen (secondary N) is 1. The van der Waals surface area contributed by atoms with Crippen LogP contribution in [0, 0.1) is 12.3 Å². The third-order valence-corrected chi connectivity index (χ3v) is 11.8. The molecule has 0 unspecified atom stereocenters. The van der Waals surface area contributed by atoms with Crippen LogP contribution < -0.4 is 15.1 Å². The average molecular weight is 717 g/mol. The molecule has 0 atom stereocenters. The van der Waals surface area contributed by atoms with Gasteiger partial charge in [-0.15, -0.1) is 11.3 Å². The number of benzene rings is 3. The number of fused-ring (bicyclic) bond motifs is 3. The van der Waals surface area contributed by atoms with Gasteiger partial charge in [0.05, 0.1) is 16.1 Å². The van der Waals surface area contributed by atoms with E-state index >= 15 is 0 Å². The maximum Gasteiger partial charge on any atom is 0.259 e. The van der Waals surface area contributed by atoms with Crippen LogP contribution in [0.2, 0.25) is 5.02 Å². The van der Waals surface area contributed by atoms with E-state index in [9.17, 15) is 14.4 Å². The zero-order chi connectivity index (χ0) is 35.1. The Hall–Kier alpha value is -4.83. The van der Waals surface area contributed by atoms with Gasteiger partial charge in [0, 0.05) is 77.6 Å². The summed E-state index contributed by atoms with van der Waals surface area (Å²) < 4.78 is 5.57. The molecule has 5 heterocycles. The maximum atomic E-state index is 14.0. The number of Topliss-reactive ketones (excluding diaryl/α,β-unsaturated/α-hetero) is 1. The third kappa shape index (κ3) is 6.57. The van der Waals surface area contributed by atoms with E-state index in [1.807, 2.05) is 72.6 Å². The van der Waals surface area contributed by atoms with Crippen LogP contribution in [0.1, 0.15) is 59.9 Å². The number of aromatic nitrogens is 1. The number of hydrogen-bond donors (Lipinski definition) is 1. The fourth-order valence-corrected chi connectivity index (χ4v) is 8.80.